The molecule has 2 aromatic heterocycles. The van der Waals surface area contributed by atoms with Crippen LogP contribution in [0.2, 0.25) is 0 Å². The molecule has 0 aliphatic heterocycles. The fourth-order valence-corrected chi connectivity index (χ4v) is 2.64. The van der Waals surface area contributed by atoms with E-state index in [1.165, 1.54) is 12.8 Å². The summed E-state index contributed by atoms with van der Waals surface area (Å²) in [5.41, 5.74) is 0.669. The van der Waals surface area contributed by atoms with E-state index >= 15 is 0 Å². The van der Waals surface area contributed by atoms with Crippen molar-refractivity contribution >= 4 is 11.0 Å². The predicted octanol–water partition coefficient (Wildman–Crippen LogP) is 2.36. The summed E-state index contributed by atoms with van der Waals surface area (Å²) in [6.07, 6.45) is 6.41. The Morgan fingerprint density at radius 2 is 2.11 bits per heavy atom. The molecular weight excluding hydrogens is 228 g/mol. The molecule has 0 aromatic carbocycles. The van der Waals surface area contributed by atoms with Gasteiger partial charge in [-0.1, -0.05) is 26.7 Å². The first-order valence-electron chi connectivity index (χ1n) is 6.64. The van der Waals surface area contributed by atoms with E-state index in [0.717, 1.165) is 24.3 Å². The number of aromatic nitrogens is 4. The van der Waals surface area contributed by atoms with Gasteiger partial charge in [0.25, 0.3) is 5.56 Å². The van der Waals surface area contributed by atoms with Crippen LogP contribution in [0.1, 0.15) is 57.3 Å². The predicted molar refractivity (Wildman–Crippen MR) is 69.7 cm³/mol. The third-order valence-electron chi connectivity index (χ3n) is 3.70. The van der Waals surface area contributed by atoms with Crippen molar-refractivity contribution in [2.75, 3.05) is 0 Å². The van der Waals surface area contributed by atoms with Gasteiger partial charge in [-0.3, -0.25) is 4.79 Å². The molecule has 0 radical (unpaired) electrons. The van der Waals surface area contributed by atoms with Crippen molar-refractivity contribution in [1.82, 2.24) is 19.7 Å². The van der Waals surface area contributed by atoms with Crippen molar-refractivity contribution in [1.29, 1.82) is 0 Å². The van der Waals surface area contributed by atoms with E-state index in [1.807, 2.05) is 18.5 Å². The van der Waals surface area contributed by atoms with Crippen LogP contribution in [0, 0.1) is 0 Å². The molecule has 96 valence electrons. The molecule has 18 heavy (non-hydrogen) atoms. The van der Waals surface area contributed by atoms with Crippen LogP contribution in [-0.2, 0) is 0 Å². The van der Waals surface area contributed by atoms with Gasteiger partial charge in [-0.05, 0) is 12.8 Å². The number of aromatic amines is 1. The molecule has 1 N–H and O–H groups in total. The van der Waals surface area contributed by atoms with Gasteiger partial charge in [0.15, 0.2) is 5.65 Å². The molecule has 0 amide bonds. The number of hydrogen-bond acceptors (Lipinski definition) is 3. The SMILES string of the molecule is CC(C)c1nc2c(cnn2C2CCCC2)c(=O)[nH]1. The quantitative estimate of drug-likeness (QED) is 0.884. The number of hydrogen-bond donors (Lipinski definition) is 1. The molecule has 2 heterocycles. The molecule has 0 saturated heterocycles. The lowest BCUT2D eigenvalue weighted by atomic mass is 10.2. The molecular formula is C13H18N4O. The molecule has 5 heteroatoms. The van der Waals surface area contributed by atoms with E-state index in [2.05, 4.69) is 15.1 Å². The van der Waals surface area contributed by atoms with E-state index in [9.17, 15) is 4.79 Å². The second kappa shape index (κ2) is 4.23. The highest BCUT2D eigenvalue weighted by atomic mass is 16.1. The van der Waals surface area contributed by atoms with Crippen LogP contribution in [0.25, 0.3) is 11.0 Å². The lowest BCUT2D eigenvalue weighted by Crippen LogP contribution is -2.14. The Morgan fingerprint density at radius 1 is 1.39 bits per heavy atom. The van der Waals surface area contributed by atoms with E-state index in [-0.39, 0.29) is 11.5 Å². The van der Waals surface area contributed by atoms with Gasteiger partial charge in [0, 0.05) is 5.92 Å². The van der Waals surface area contributed by atoms with Crippen molar-refractivity contribution in [3.8, 4) is 0 Å². The van der Waals surface area contributed by atoms with Gasteiger partial charge >= 0.3 is 0 Å². The summed E-state index contributed by atoms with van der Waals surface area (Å²) >= 11 is 0. The van der Waals surface area contributed by atoms with E-state index in [4.69, 9.17) is 0 Å². The highest BCUT2D eigenvalue weighted by Gasteiger charge is 2.21. The van der Waals surface area contributed by atoms with Crippen molar-refractivity contribution in [3.63, 3.8) is 0 Å². The monoisotopic (exact) mass is 246 g/mol. The Labute approximate surface area is 105 Å². The average molecular weight is 246 g/mol. The Bertz CT molecular complexity index is 619. The van der Waals surface area contributed by atoms with Crippen LogP contribution in [0.15, 0.2) is 11.0 Å². The van der Waals surface area contributed by atoms with Gasteiger partial charge < -0.3 is 4.98 Å². The molecule has 0 unspecified atom stereocenters. The maximum absolute atomic E-state index is 12.0. The third-order valence-corrected chi connectivity index (χ3v) is 3.70. The van der Waals surface area contributed by atoms with Gasteiger partial charge in [0.05, 0.1) is 12.2 Å². The second-order valence-electron chi connectivity index (χ2n) is 5.37. The molecule has 2 aromatic rings. The fraction of sp³-hybridized carbons (Fsp3) is 0.615. The number of nitrogens with one attached hydrogen (secondary N) is 1. The molecule has 1 fully saturated rings. The summed E-state index contributed by atoms with van der Waals surface area (Å²) in [4.78, 5) is 19.4. The Hall–Kier alpha value is -1.65. The molecule has 0 bridgehead atoms. The Morgan fingerprint density at radius 3 is 2.78 bits per heavy atom. The number of H-pyrrole nitrogens is 1. The zero-order chi connectivity index (χ0) is 12.7. The van der Waals surface area contributed by atoms with Gasteiger partial charge in [0.1, 0.15) is 11.2 Å². The molecule has 1 aliphatic rings. The lowest BCUT2D eigenvalue weighted by molar-refractivity contribution is 0.477. The summed E-state index contributed by atoms with van der Waals surface area (Å²) in [5.74, 6) is 0.960. The van der Waals surface area contributed by atoms with E-state index in [1.54, 1.807) is 6.20 Å². The van der Waals surface area contributed by atoms with Crippen LogP contribution in [0.5, 0.6) is 0 Å². The minimum absolute atomic E-state index is 0.0760. The molecule has 0 spiro atoms. The summed E-state index contributed by atoms with van der Waals surface area (Å²) in [6.45, 7) is 4.06. The average Bonchev–Trinajstić information content (AvgIpc) is 2.96. The van der Waals surface area contributed by atoms with Crippen LogP contribution in [0.4, 0.5) is 0 Å². The first kappa shape index (κ1) is 11.4. The maximum atomic E-state index is 12.0. The molecule has 0 atom stereocenters. The third kappa shape index (κ3) is 1.74. The van der Waals surface area contributed by atoms with Crippen LogP contribution < -0.4 is 5.56 Å². The van der Waals surface area contributed by atoms with Gasteiger partial charge in [-0.25, -0.2) is 9.67 Å². The number of fused-ring (bicyclic) bond motifs is 1. The summed E-state index contributed by atoms with van der Waals surface area (Å²) in [6, 6.07) is 0.414. The first-order valence-corrected chi connectivity index (χ1v) is 6.64. The largest absolute Gasteiger partial charge is 0.310 e. The standard InChI is InChI=1S/C13H18N4O/c1-8(2)11-15-12-10(13(18)16-11)7-14-17(12)9-5-3-4-6-9/h7-9H,3-6H2,1-2H3,(H,15,16,18). The number of rotatable bonds is 2. The van der Waals surface area contributed by atoms with Gasteiger partial charge in [-0.15, -0.1) is 0 Å². The topological polar surface area (TPSA) is 63.6 Å². The Balaban J connectivity index is 2.18. The van der Waals surface area contributed by atoms with Gasteiger partial charge in [0.2, 0.25) is 0 Å². The number of nitrogens with zero attached hydrogens (tertiary/aromatic N) is 3. The van der Waals surface area contributed by atoms with E-state index < -0.39 is 0 Å². The van der Waals surface area contributed by atoms with Gasteiger partial charge in [-0.2, -0.15) is 5.10 Å². The van der Waals surface area contributed by atoms with Crippen molar-refractivity contribution in [2.45, 2.75) is 51.5 Å². The normalized spacial score (nSPS) is 17.1. The van der Waals surface area contributed by atoms with Crippen LogP contribution >= 0.6 is 0 Å². The molecule has 1 saturated carbocycles. The zero-order valence-electron chi connectivity index (χ0n) is 10.8. The summed E-state index contributed by atoms with van der Waals surface area (Å²) in [7, 11) is 0. The highest BCUT2D eigenvalue weighted by Crippen LogP contribution is 2.30. The zero-order valence-corrected chi connectivity index (χ0v) is 10.8. The smallest absolute Gasteiger partial charge is 0.262 e. The maximum Gasteiger partial charge on any atom is 0.262 e. The highest BCUT2D eigenvalue weighted by molar-refractivity contribution is 5.73. The van der Waals surface area contributed by atoms with Crippen molar-refractivity contribution in [2.24, 2.45) is 0 Å². The minimum atomic E-state index is -0.0760. The lowest BCUT2D eigenvalue weighted by Gasteiger charge is -2.11. The Kier molecular flexibility index (Phi) is 2.69. The molecule has 3 rings (SSSR count). The molecule has 5 nitrogen and oxygen atoms in total. The molecule has 1 aliphatic carbocycles. The van der Waals surface area contributed by atoms with Crippen LogP contribution in [0.3, 0.4) is 0 Å². The van der Waals surface area contributed by atoms with Crippen molar-refractivity contribution < 1.29 is 0 Å². The summed E-state index contributed by atoms with van der Waals surface area (Å²) < 4.78 is 1.95. The fourth-order valence-electron chi connectivity index (χ4n) is 2.64. The summed E-state index contributed by atoms with van der Waals surface area (Å²) in [5, 5.41) is 4.98. The van der Waals surface area contributed by atoms with Crippen molar-refractivity contribution in [3.05, 3.63) is 22.4 Å². The second-order valence-corrected chi connectivity index (χ2v) is 5.37. The van der Waals surface area contributed by atoms with E-state index in [0.29, 0.717) is 11.4 Å². The first-order chi connectivity index (χ1) is 8.66. The minimum Gasteiger partial charge on any atom is -0.310 e. The van der Waals surface area contributed by atoms with Crippen LogP contribution in [-0.4, -0.2) is 19.7 Å².